The Morgan fingerprint density at radius 2 is 1.97 bits per heavy atom. The maximum absolute atomic E-state index is 13.2. The number of aromatic nitrogens is 3. The normalized spacial score (nSPS) is 15.4. The van der Waals surface area contributed by atoms with Gasteiger partial charge in [0, 0.05) is 28.9 Å². The summed E-state index contributed by atoms with van der Waals surface area (Å²) in [5.41, 5.74) is 3.40. The van der Waals surface area contributed by atoms with Gasteiger partial charge in [-0.2, -0.15) is 5.10 Å². The fourth-order valence-corrected chi connectivity index (χ4v) is 5.62. The summed E-state index contributed by atoms with van der Waals surface area (Å²) in [6.07, 6.45) is 9.34. The van der Waals surface area contributed by atoms with E-state index in [1.54, 1.807) is 37.8 Å². The standard InChI is InChI=1S/C24H28N4O3S/c1-16-8-10-21(11-9-16)28-19(4)24(18(3)26-28)32(29,30)27-17(2)15-31-23-7-5-6-20-14-25-13-12-22(20)23/h5-8,10,12-14,17,27H,9,11,15H2,1-4H3/t17-/m0/s1. The third kappa shape index (κ3) is 4.47. The molecular formula is C24H28N4O3S. The predicted molar refractivity (Wildman–Crippen MR) is 126 cm³/mol. The van der Waals surface area contributed by atoms with Gasteiger partial charge >= 0.3 is 0 Å². The van der Waals surface area contributed by atoms with Gasteiger partial charge in [-0.1, -0.05) is 23.8 Å². The Balaban J connectivity index is 1.50. The van der Waals surface area contributed by atoms with E-state index in [0.29, 0.717) is 17.1 Å². The fraction of sp³-hybridized carbons (Fsp3) is 0.333. The average Bonchev–Trinajstić information content (AvgIpc) is 3.07. The number of ether oxygens (including phenoxy) is 1. The lowest BCUT2D eigenvalue weighted by molar-refractivity contribution is 0.290. The number of pyridine rings is 1. The maximum Gasteiger partial charge on any atom is 0.244 e. The van der Waals surface area contributed by atoms with Crippen LogP contribution in [0.4, 0.5) is 0 Å². The summed E-state index contributed by atoms with van der Waals surface area (Å²) in [5, 5.41) is 6.43. The van der Waals surface area contributed by atoms with E-state index in [2.05, 4.69) is 27.8 Å². The van der Waals surface area contributed by atoms with Crippen molar-refractivity contribution in [1.29, 1.82) is 0 Å². The molecule has 0 saturated carbocycles. The number of fused-ring (bicyclic) bond motifs is 1. The molecule has 2 heterocycles. The molecule has 32 heavy (non-hydrogen) atoms. The monoisotopic (exact) mass is 452 g/mol. The number of hydrogen-bond acceptors (Lipinski definition) is 5. The van der Waals surface area contributed by atoms with Crippen molar-refractivity contribution in [2.45, 2.75) is 51.5 Å². The molecule has 1 aromatic carbocycles. The quantitative estimate of drug-likeness (QED) is 0.575. The van der Waals surface area contributed by atoms with Crippen LogP contribution in [0.5, 0.6) is 5.75 Å². The third-order valence-corrected chi connectivity index (χ3v) is 7.43. The van der Waals surface area contributed by atoms with Crippen LogP contribution in [0.3, 0.4) is 0 Å². The number of allylic oxidation sites excluding steroid dienone is 4. The summed E-state index contributed by atoms with van der Waals surface area (Å²) in [6.45, 7) is 7.60. The zero-order valence-electron chi connectivity index (χ0n) is 18.8. The minimum absolute atomic E-state index is 0.197. The Bertz CT molecular complexity index is 1320. The first-order valence-electron chi connectivity index (χ1n) is 10.7. The molecule has 0 spiro atoms. The molecule has 0 aliphatic heterocycles. The highest BCUT2D eigenvalue weighted by Crippen LogP contribution is 2.28. The van der Waals surface area contributed by atoms with E-state index in [-0.39, 0.29) is 11.5 Å². The molecule has 3 aromatic rings. The highest BCUT2D eigenvalue weighted by atomic mass is 32.2. The summed E-state index contributed by atoms with van der Waals surface area (Å²) in [6, 6.07) is 7.18. The molecule has 2 aromatic heterocycles. The highest BCUT2D eigenvalue weighted by molar-refractivity contribution is 7.89. The molecule has 0 fully saturated rings. The molecule has 1 N–H and O–H groups in total. The van der Waals surface area contributed by atoms with Crippen LogP contribution >= 0.6 is 0 Å². The number of sulfonamides is 1. The molecule has 7 nitrogen and oxygen atoms in total. The zero-order valence-corrected chi connectivity index (χ0v) is 19.6. The van der Waals surface area contributed by atoms with Crippen LogP contribution < -0.4 is 9.46 Å². The SMILES string of the molecule is CC1=CC=C(n2nc(C)c(S(=O)(=O)N[C@@H](C)COc3cccc4cnccc34)c2C)CC1. The first-order valence-corrected chi connectivity index (χ1v) is 12.2. The van der Waals surface area contributed by atoms with Crippen LogP contribution in [-0.4, -0.2) is 35.8 Å². The first-order chi connectivity index (χ1) is 15.3. The van der Waals surface area contributed by atoms with Crippen molar-refractivity contribution in [2.75, 3.05) is 6.61 Å². The van der Waals surface area contributed by atoms with Gasteiger partial charge in [0.1, 0.15) is 17.3 Å². The molecule has 168 valence electrons. The van der Waals surface area contributed by atoms with Gasteiger partial charge in [0.15, 0.2) is 0 Å². The molecule has 1 aliphatic carbocycles. The van der Waals surface area contributed by atoms with Crippen LogP contribution in [0, 0.1) is 13.8 Å². The second kappa shape index (κ2) is 8.88. The molecule has 0 unspecified atom stereocenters. The minimum atomic E-state index is -3.76. The zero-order chi connectivity index (χ0) is 22.9. The topological polar surface area (TPSA) is 86.1 Å². The van der Waals surface area contributed by atoms with Crippen LogP contribution in [0.1, 0.15) is 38.1 Å². The number of benzene rings is 1. The summed E-state index contributed by atoms with van der Waals surface area (Å²) >= 11 is 0. The van der Waals surface area contributed by atoms with E-state index in [0.717, 1.165) is 29.3 Å². The van der Waals surface area contributed by atoms with Gasteiger partial charge in [0.2, 0.25) is 10.0 Å². The lowest BCUT2D eigenvalue weighted by atomic mass is 10.0. The number of hydrogen-bond donors (Lipinski definition) is 1. The number of rotatable bonds is 7. The number of nitrogens with one attached hydrogen (secondary N) is 1. The fourth-order valence-electron chi connectivity index (χ4n) is 4.00. The second-order valence-electron chi connectivity index (χ2n) is 8.27. The molecule has 0 bridgehead atoms. The highest BCUT2D eigenvalue weighted by Gasteiger charge is 2.27. The number of aryl methyl sites for hydroxylation is 1. The Hall–Kier alpha value is -2.97. The van der Waals surface area contributed by atoms with Crippen molar-refractivity contribution in [3.63, 3.8) is 0 Å². The van der Waals surface area contributed by atoms with Gasteiger partial charge < -0.3 is 4.74 Å². The van der Waals surface area contributed by atoms with Crippen molar-refractivity contribution in [3.8, 4) is 5.75 Å². The average molecular weight is 453 g/mol. The van der Waals surface area contributed by atoms with Crippen molar-refractivity contribution >= 4 is 26.5 Å². The molecule has 8 heteroatoms. The number of nitrogens with zero attached hydrogens (tertiary/aromatic N) is 3. The molecule has 1 atom stereocenters. The van der Waals surface area contributed by atoms with E-state index < -0.39 is 16.1 Å². The predicted octanol–water partition coefficient (Wildman–Crippen LogP) is 4.37. The first kappa shape index (κ1) is 22.2. The third-order valence-electron chi connectivity index (χ3n) is 5.59. The molecular weight excluding hydrogens is 424 g/mol. The van der Waals surface area contributed by atoms with Crippen molar-refractivity contribution in [1.82, 2.24) is 19.5 Å². The van der Waals surface area contributed by atoms with Crippen molar-refractivity contribution in [3.05, 3.63) is 65.8 Å². The van der Waals surface area contributed by atoms with E-state index in [9.17, 15) is 8.42 Å². The molecule has 4 rings (SSSR count). The van der Waals surface area contributed by atoms with Crippen LogP contribution in [-0.2, 0) is 10.0 Å². The van der Waals surface area contributed by atoms with Crippen molar-refractivity contribution < 1.29 is 13.2 Å². The van der Waals surface area contributed by atoms with Gasteiger partial charge in [-0.15, -0.1) is 0 Å². The Morgan fingerprint density at radius 1 is 1.16 bits per heavy atom. The van der Waals surface area contributed by atoms with E-state index >= 15 is 0 Å². The molecule has 1 aliphatic rings. The minimum Gasteiger partial charge on any atom is -0.491 e. The largest absolute Gasteiger partial charge is 0.491 e. The van der Waals surface area contributed by atoms with Gasteiger partial charge in [0.05, 0.1) is 17.4 Å². The smallest absolute Gasteiger partial charge is 0.244 e. The lowest BCUT2D eigenvalue weighted by Crippen LogP contribution is -2.37. The lowest BCUT2D eigenvalue weighted by Gasteiger charge is -2.17. The molecule has 0 amide bonds. The van der Waals surface area contributed by atoms with Gasteiger partial charge in [-0.3, -0.25) is 4.98 Å². The Kier molecular flexibility index (Phi) is 6.17. The van der Waals surface area contributed by atoms with Crippen LogP contribution in [0.2, 0.25) is 0 Å². The second-order valence-corrected chi connectivity index (χ2v) is 9.92. The van der Waals surface area contributed by atoms with E-state index in [1.807, 2.05) is 30.3 Å². The maximum atomic E-state index is 13.2. The van der Waals surface area contributed by atoms with E-state index in [1.165, 1.54) is 5.57 Å². The molecule has 0 radical (unpaired) electrons. The van der Waals surface area contributed by atoms with Gasteiger partial charge in [-0.05, 0) is 58.7 Å². The van der Waals surface area contributed by atoms with Crippen LogP contribution in [0.25, 0.3) is 16.5 Å². The summed E-state index contributed by atoms with van der Waals surface area (Å²) < 4.78 is 36.8. The summed E-state index contributed by atoms with van der Waals surface area (Å²) in [5.74, 6) is 0.698. The Morgan fingerprint density at radius 3 is 2.72 bits per heavy atom. The summed E-state index contributed by atoms with van der Waals surface area (Å²) in [7, 11) is -3.76. The summed E-state index contributed by atoms with van der Waals surface area (Å²) in [4.78, 5) is 4.35. The van der Waals surface area contributed by atoms with Gasteiger partial charge in [0.25, 0.3) is 0 Å². The molecule has 0 saturated heterocycles. The van der Waals surface area contributed by atoms with E-state index in [4.69, 9.17) is 4.74 Å². The van der Waals surface area contributed by atoms with Crippen molar-refractivity contribution in [2.24, 2.45) is 0 Å². The Labute approximate surface area is 188 Å². The van der Waals surface area contributed by atoms with Crippen LogP contribution in [0.15, 0.2) is 59.3 Å². The van der Waals surface area contributed by atoms with Gasteiger partial charge in [-0.25, -0.2) is 17.8 Å².